The molecule has 1 saturated heterocycles. The van der Waals surface area contributed by atoms with E-state index in [4.69, 9.17) is 4.42 Å². The first-order valence-corrected chi connectivity index (χ1v) is 7.56. The van der Waals surface area contributed by atoms with E-state index in [1.807, 2.05) is 13.8 Å². The van der Waals surface area contributed by atoms with E-state index < -0.39 is 11.4 Å². The fourth-order valence-electron chi connectivity index (χ4n) is 3.05. The first-order chi connectivity index (χ1) is 10.9. The van der Waals surface area contributed by atoms with Crippen molar-refractivity contribution < 1.29 is 19.1 Å². The van der Waals surface area contributed by atoms with Gasteiger partial charge in [-0.3, -0.25) is 14.7 Å². The smallest absolute Gasteiger partial charge is 0.311 e. The van der Waals surface area contributed by atoms with Crippen LogP contribution in [0.1, 0.15) is 30.8 Å². The van der Waals surface area contributed by atoms with Gasteiger partial charge in [-0.05, 0) is 24.5 Å². The summed E-state index contributed by atoms with van der Waals surface area (Å²) in [7, 11) is 0. The third-order valence-corrected chi connectivity index (χ3v) is 4.70. The second-order valence-electron chi connectivity index (χ2n) is 6.24. The van der Waals surface area contributed by atoms with E-state index in [9.17, 15) is 14.7 Å². The average Bonchev–Trinajstić information content (AvgIpc) is 3.25. The van der Waals surface area contributed by atoms with Crippen LogP contribution < -0.4 is 0 Å². The molecule has 3 heterocycles. The lowest BCUT2D eigenvalue weighted by Crippen LogP contribution is -2.40. The minimum Gasteiger partial charge on any atom is -0.481 e. The zero-order valence-corrected chi connectivity index (χ0v) is 13.1. The highest BCUT2D eigenvalue weighted by Crippen LogP contribution is 2.38. The number of rotatable bonds is 4. The third-order valence-electron chi connectivity index (χ3n) is 4.70. The molecule has 1 atom stereocenters. The molecule has 0 radical (unpaired) electrons. The number of carbonyl (C=O) groups excluding carboxylic acids is 1. The molecule has 0 spiro atoms. The minimum absolute atomic E-state index is 0.0457. The zero-order valence-electron chi connectivity index (χ0n) is 13.1. The Morgan fingerprint density at radius 2 is 2.26 bits per heavy atom. The lowest BCUT2D eigenvalue weighted by Gasteiger charge is -2.28. The van der Waals surface area contributed by atoms with Crippen molar-refractivity contribution in [3.8, 4) is 11.5 Å². The Morgan fingerprint density at radius 3 is 2.83 bits per heavy atom. The Bertz CT molecular complexity index is 720. The van der Waals surface area contributed by atoms with Crippen LogP contribution in [0, 0.1) is 11.3 Å². The number of likely N-dealkylation sites (tertiary alicyclic amines) is 1. The monoisotopic (exact) mass is 317 g/mol. The van der Waals surface area contributed by atoms with Crippen molar-refractivity contribution in [2.75, 3.05) is 13.1 Å². The van der Waals surface area contributed by atoms with E-state index >= 15 is 0 Å². The van der Waals surface area contributed by atoms with Gasteiger partial charge in [-0.1, -0.05) is 13.8 Å². The fourth-order valence-corrected chi connectivity index (χ4v) is 3.05. The largest absolute Gasteiger partial charge is 0.481 e. The van der Waals surface area contributed by atoms with Gasteiger partial charge in [-0.2, -0.15) is 5.10 Å². The number of carboxylic acid groups (broad SMARTS) is 1. The number of carboxylic acids is 1. The molecule has 3 rings (SSSR count). The lowest BCUT2D eigenvalue weighted by molar-refractivity contribution is -0.150. The van der Waals surface area contributed by atoms with Crippen molar-refractivity contribution in [1.29, 1.82) is 0 Å². The number of aromatic amines is 1. The van der Waals surface area contributed by atoms with E-state index in [1.54, 1.807) is 29.4 Å². The van der Waals surface area contributed by atoms with Crippen molar-refractivity contribution >= 4 is 11.9 Å². The van der Waals surface area contributed by atoms with E-state index in [2.05, 4.69) is 10.2 Å². The molecule has 2 aromatic heterocycles. The standard InChI is InChI=1S/C16H19N3O4/c1-10(2)16(15(21)22)5-6-19(9-16)14(20)12-8-11(17-18-12)13-4-3-7-23-13/h3-4,7-8,10H,5-6,9H2,1-2H3,(H,17,18)(H,21,22). The Balaban J connectivity index is 1.78. The molecule has 1 aliphatic rings. The Labute approximate surface area is 133 Å². The number of H-pyrrole nitrogens is 1. The SMILES string of the molecule is CC(C)C1(C(=O)O)CCN(C(=O)c2cc(-c3ccco3)[nH]n2)C1. The number of carbonyl (C=O) groups is 2. The summed E-state index contributed by atoms with van der Waals surface area (Å²) in [6.45, 7) is 4.39. The van der Waals surface area contributed by atoms with Gasteiger partial charge >= 0.3 is 5.97 Å². The van der Waals surface area contributed by atoms with Crippen molar-refractivity contribution in [3.63, 3.8) is 0 Å². The topological polar surface area (TPSA) is 99.4 Å². The molecule has 0 saturated carbocycles. The quantitative estimate of drug-likeness (QED) is 0.901. The number of furan rings is 1. The van der Waals surface area contributed by atoms with Crippen LogP contribution in [0.4, 0.5) is 0 Å². The van der Waals surface area contributed by atoms with E-state index in [-0.39, 0.29) is 24.1 Å². The molecule has 7 heteroatoms. The van der Waals surface area contributed by atoms with Crippen molar-refractivity contribution in [2.24, 2.45) is 11.3 Å². The third kappa shape index (κ3) is 2.52. The summed E-state index contributed by atoms with van der Waals surface area (Å²) < 4.78 is 5.26. The Hall–Kier alpha value is -2.57. The number of hydrogen-bond donors (Lipinski definition) is 2. The van der Waals surface area contributed by atoms with E-state index in [0.717, 1.165) is 0 Å². The number of aromatic nitrogens is 2. The van der Waals surface area contributed by atoms with Gasteiger partial charge in [0.15, 0.2) is 11.5 Å². The summed E-state index contributed by atoms with van der Waals surface area (Å²) in [5, 5.41) is 16.4. The molecule has 1 aliphatic heterocycles. The van der Waals surface area contributed by atoms with Gasteiger partial charge in [0, 0.05) is 19.2 Å². The molecule has 0 aliphatic carbocycles. The summed E-state index contributed by atoms with van der Waals surface area (Å²) in [5.41, 5.74) is 0.00255. The molecular formula is C16H19N3O4. The van der Waals surface area contributed by atoms with Gasteiger partial charge in [-0.25, -0.2) is 0 Å². The number of nitrogens with zero attached hydrogens (tertiary/aromatic N) is 2. The maximum absolute atomic E-state index is 12.6. The van der Waals surface area contributed by atoms with Crippen molar-refractivity contribution in [2.45, 2.75) is 20.3 Å². The first-order valence-electron chi connectivity index (χ1n) is 7.56. The average molecular weight is 317 g/mol. The summed E-state index contributed by atoms with van der Waals surface area (Å²) >= 11 is 0. The maximum atomic E-state index is 12.6. The van der Waals surface area contributed by atoms with Crippen LogP contribution in [0.15, 0.2) is 28.9 Å². The summed E-state index contributed by atoms with van der Waals surface area (Å²) in [6.07, 6.45) is 2.00. The second-order valence-corrected chi connectivity index (χ2v) is 6.24. The van der Waals surface area contributed by atoms with Crippen LogP contribution in [0.2, 0.25) is 0 Å². The van der Waals surface area contributed by atoms with Crippen LogP contribution in [0.5, 0.6) is 0 Å². The second kappa shape index (κ2) is 5.57. The van der Waals surface area contributed by atoms with Gasteiger partial charge in [-0.15, -0.1) is 0 Å². The normalized spacial score (nSPS) is 21.1. The van der Waals surface area contributed by atoms with Gasteiger partial charge in [0.1, 0.15) is 5.69 Å². The Kier molecular flexibility index (Phi) is 3.71. The molecule has 0 aromatic carbocycles. The molecular weight excluding hydrogens is 298 g/mol. The van der Waals surface area contributed by atoms with Gasteiger partial charge in [0.25, 0.3) is 5.91 Å². The Morgan fingerprint density at radius 1 is 1.48 bits per heavy atom. The van der Waals surface area contributed by atoms with Crippen molar-refractivity contribution in [1.82, 2.24) is 15.1 Å². The predicted molar refractivity (Wildman–Crippen MR) is 81.7 cm³/mol. The molecule has 2 N–H and O–H groups in total. The fraction of sp³-hybridized carbons (Fsp3) is 0.438. The van der Waals surface area contributed by atoms with Gasteiger partial charge < -0.3 is 14.4 Å². The van der Waals surface area contributed by atoms with Crippen LogP contribution in [0.25, 0.3) is 11.5 Å². The summed E-state index contributed by atoms with van der Waals surface area (Å²) in [6, 6.07) is 5.14. The first kappa shape index (κ1) is 15.3. The number of aliphatic carboxylic acids is 1. The molecule has 2 aromatic rings. The predicted octanol–water partition coefficient (Wildman–Crippen LogP) is 2.24. The highest BCUT2D eigenvalue weighted by Gasteiger charge is 2.48. The minimum atomic E-state index is -0.879. The van der Waals surface area contributed by atoms with Crippen LogP contribution >= 0.6 is 0 Å². The molecule has 122 valence electrons. The van der Waals surface area contributed by atoms with Crippen LogP contribution in [-0.4, -0.2) is 45.2 Å². The zero-order chi connectivity index (χ0) is 16.6. The molecule has 1 unspecified atom stereocenters. The molecule has 1 fully saturated rings. The molecule has 1 amide bonds. The van der Waals surface area contributed by atoms with Gasteiger partial charge in [0.2, 0.25) is 0 Å². The number of amides is 1. The molecule has 7 nitrogen and oxygen atoms in total. The number of nitrogens with one attached hydrogen (secondary N) is 1. The summed E-state index contributed by atoms with van der Waals surface area (Å²) in [5.74, 6) is -0.556. The van der Waals surface area contributed by atoms with E-state index in [0.29, 0.717) is 24.4 Å². The maximum Gasteiger partial charge on any atom is 0.311 e. The highest BCUT2D eigenvalue weighted by molar-refractivity contribution is 5.94. The molecule has 0 bridgehead atoms. The lowest BCUT2D eigenvalue weighted by atomic mass is 9.76. The highest BCUT2D eigenvalue weighted by atomic mass is 16.4. The summed E-state index contributed by atoms with van der Waals surface area (Å²) in [4.78, 5) is 25.8. The molecule has 23 heavy (non-hydrogen) atoms. The van der Waals surface area contributed by atoms with Crippen LogP contribution in [-0.2, 0) is 4.79 Å². The van der Waals surface area contributed by atoms with Crippen molar-refractivity contribution in [3.05, 3.63) is 30.2 Å². The van der Waals surface area contributed by atoms with E-state index in [1.165, 1.54) is 0 Å². The van der Waals surface area contributed by atoms with Gasteiger partial charge in [0.05, 0.1) is 11.7 Å². The number of hydrogen-bond acceptors (Lipinski definition) is 4. The van der Waals surface area contributed by atoms with Crippen LogP contribution in [0.3, 0.4) is 0 Å².